The Labute approximate surface area is 134 Å². The van der Waals surface area contributed by atoms with Gasteiger partial charge in [0, 0.05) is 30.2 Å². The molecule has 114 valence electrons. The monoisotopic (exact) mass is 328 g/mol. The number of aromatic nitrogens is 2. The van der Waals surface area contributed by atoms with Crippen LogP contribution in [-0.2, 0) is 0 Å². The molecule has 0 bridgehead atoms. The number of nitrogens with one attached hydrogen (secondary N) is 1. The molecule has 1 aromatic heterocycles. The minimum Gasteiger partial charge on any atom is -0.336 e. The molecule has 21 heavy (non-hydrogen) atoms. The molecule has 0 aliphatic heterocycles. The van der Waals surface area contributed by atoms with Crippen LogP contribution in [0.5, 0.6) is 0 Å². The molecule has 1 amide bonds. The van der Waals surface area contributed by atoms with Gasteiger partial charge in [-0.1, -0.05) is 23.7 Å². The number of nitrogens with zero attached hydrogens (tertiary/aromatic N) is 2. The van der Waals surface area contributed by atoms with Gasteiger partial charge in [-0.25, -0.2) is 0 Å². The van der Waals surface area contributed by atoms with Crippen LogP contribution in [-0.4, -0.2) is 40.6 Å². The molecule has 0 radical (unpaired) electrons. The molecule has 1 unspecified atom stereocenters. The molecule has 7 heteroatoms. The molecule has 0 aliphatic carbocycles. The van der Waals surface area contributed by atoms with E-state index in [1.807, 2.05) is 19.1 Å². The van der Waals surface area contributed by atoms with Gasteiger partial charge in [0.05, 0.1) is 5.69 Å². The van der Waals surface area contributed by atoms with Crippen LogP contribution in [0.3, 0.4) is 0 Å². The van der Waals surface area contributed by atoms with Gasteiger partial charge in [0.1, 0.15) is 5.69 Å². The van der Waals surface area contributed by atoms with Crippen molar-refractivity contribution in [1.29, 1.82) is 0 Å². The molecule has 0 spiro atoms. The Morgan fingerprint density at radius 1 is 1.43 bits per heavy atom. The zero-order chi connectivity index (χ0) is 14.7. The second kappa shape index (κ2) is 7.45. The molecular formula is C14H18Cl2N4O. The summed E-state index contributed by atoms with van der Waals surface area (Å²) in [5.41, 5.74) is 7.62. The fourth-order valence-electron chi connectivity index (χ4n) is 1.75. The summed E-state index contributed by atoms with van der Waals surface area (Å²) >= 11 is 5.85. The maximum atomic E-state index is 12.2. The number of benzene rings is 1. The highest BCUT2D eigenvalue weighted by molar-refractivity contribution is 6.30. The Bertz CT molecular complexity index is 597. The number of rotatable bonds is 4. The van der Waals surface area contributed by atoms with Crippen LogP contribution in [0.2, 0.25) is 5.02 Å². The van der Waals surface area contributed by atoms with E-state index in [0.29, 0.717) is 23.0 Å². The van der Waals surface area contributed by atoms with Crippen LogP contribution in [0.25, 0.3) is 11.3 Å². The number of halogens is 2. The van der Waals surface area contributed by atoms with Gasteiger partial charge in [0.2, 0.25) is 0 Å². The summed E-state index contributed by atoms with van der Waals surface area (Å²) in [6, 6.07) is 9.00. The van der Waals surface area contributed by atoms with Gasteiger partial charge in [0.25, 0.3) is 5.91 Å². The van der Waals surface area contributed by atoms with Crippen LogP contribution in [0.15, 0.2) is 30.3 Å². The number of aromatic amines is 1. The Morgan fingerprint density at radius 2 is 2.05 bits per heavy atom. The number of hydrogen-bond acceptors (Lipinski definition) is 3. The molecule has 1 aromatic carbocycles. The molecule has 0 fully saturated rings. The SMILES string of the molecule is CC(CN)N(C)C(=O)c1cc(-c2ccc(Cl)cc2)n[nH]1.Cl. The number of amides is 1. The number of nitrogens with two attached hydrogens (primary N) is 1. The summed E-state index contributed by atoms with van der Waals surface area (Å²) in [5, 5.41) is 7.59. The maximum Gasteiger partial charge on any atom is 0.271 e. The van der Waals surface area contributed by atoms with E-state index in [1.165, 1.54) is 0 Å². The zero-order valence-electron chi connectivity index (χ0n) is 11.8. The average Bonchev–Trinajstić information content (AvgIpc) is 2.95. The standard InChI is InChI=1S/C14H17ClN4O.ClH/c1-9(8-16)19(2)14(20)13-7-12(17-18-13)10-3-5-11(15)6-4-10;/h3-7,9H,8,16H2,1-2H3,(H,17,18);1H. The molecule has 3 N–H and O–H groups in total. The fourth-order valence-corrected chi connectivity index (χ4v) is 1.87. The van der Waals surface area contributed by atoms with Gasteiger partial charge in [-0.15, -0.1) is 12.4 Å². The number of carbonyl (C=O) groups is 1. The first kappa shape index (κ1) is 17.5. The summed E-state index contributed by atoms with van der Waals surface area (Å²) in [6.45, 7) is 2.31. The Kier molecular flexibility index (Phi) is 6.20. The number of hydrogen-bond donors (Lipinski definition) is 2. The molecule has 1 heterocycles. The number of H-pyrrole nitrogens is 1. The second-order valence-corrected chi connectivity index (χ2v) is 5.11. The van der Waals surface area contributed by atoms with Crippen molar-refractivity contribution in [2.75, 3.05) is 13.6 Å². The first-order valence-corrected chi connectivity index (χ1v) is 6.69. The minimum absolute atomic E-state index is 0. The van der Waals surface area contributed by atoms with Gasteiger partial charge in [-0.3, -0.25) is 9.89 Å². The predicted octanol–water partition coefficient (Wildman–Crippen LogP) is 2.57. The Balaban J connectivity index is 0.00000220. The van der Waals surface area contributed by atoms with Crippen LogP contribution in [0.1, 0.15) is 17.4 Å². The van der Waals surface area contributed by atoms with Gasteiger partial charge >= 0.3 is 0 Å². The first-order valence-electron chi connectivity index (χ1n) is 6.31. The van der Waals surface area contributed by atoms with Crippen molar-refractivity contribution in [2.45, 2.75) is 13.0 Å². The maximum absolute atomic E-state index is 12.2. The lowest BCUT2D eigenvalue weighted by molar-refractivity contribution is 0.0742. The van der Waals surface area contributed by atoms with Crippen molar-refractivity contribution in [3.63, 3.8) is 0 Å². The van der Waals surface area contributed by atoms with Crippen molar-refractivity contribution < 1.29 is 4.79 Å². The zero-order valence-corrected chi connectivity index (χ0v) is 13.4. The van der Waals surface area contributed by atoms with Crippen LogP contribution in [0.4, 0.5) is 0 Å². The quantitative estimate of drug-likeness (QED) is 0.905. The Hall–Kier alpha value is -1.56. The first-order chi connectivity index (χ1) is 9.52. The van der Waals surface area contributed by atoms with Gasteiger partial charge in [-0.2, -0.15) is 5.10 Å². The predicted molar refractivity (Wildman–Crippen MR) is 86.9 cm³/mol. The summed E-state index contributed by atoms with van der Waals surface area (Å²) in [5.74, 6) is -0.129. The van der Waals surface area contributed by atoms with Crippen LogP contribution < -0.4 is 5.73 Å². The Morgan fingerprint density at radius 3 is 2.62 bits per heavy atom. The van der Waals surface area contributed by atoms with Crippen LogP contribution in [0, 0.1) is 0 Å². The molecule has 5 nitrogen and oxygen atoms in total. The summed E-state index contributed by atoms with van der Waals surface area (Å²) < 4.78 is 0. The minimum atomic E-state index is -0.129. The van der Waals surface area contributed by atoms with Gasteiger partial charge < -0.3 is 10.6 Å². The lowest BCUT2D eigenvalue weighted by Crippen LogP contribution is -2.39. The highest BCUT2D eigenvalue weighted by Crippen LogP contribution is 2.20. The van der Waals surface area contributed by atoms with E-state index in [2.05, 4.69) is 10.2 Å². The lowest BCUT2D eigenvalue weighted by atomic mass is 10.1. The van der Waals surface area contributed by atoms with E-state index < -0.39 is 0 Å². The molecule has 0 saturated carbocycles. The molecule has 0 aliphatic rings. The van der Waals surface area contributed by atoms with Crippen LogP contribution >= 0.6 is 24.0 Å². The third kappa shape index (κ3) is 3.97. The lowest BCUT2D eigenvalue weighted by Gasteiger charge is -2.22. The normalized spacial score (nSPS) is 11.6. The van der Waals surface area contributed by atoms with E-state index in [1.54, 1.807) is 30.1 Å². The van der Waals surface area contributed by atoms with E-state index >= 15 is 0 Å². The van der Waals surface area contributed by atoms with E-state index in [4.69, 9.17) is 17.3 Å². The van der Waals surface area contributed by atoms with Gasteiger partial charge in [0.15, 0.2) is 0 Å². The van der Waals surface area contributed by atoms with E-state index in [9.17, 15) is 4.79 Å². The average molecular weight is 329 g/mol. The largest absolute Gasteiger partial charge is 0.336 e. The molecular weight excluding hydrogens is 311 g/mol. The van der Waals surface area contributed by atoms with Crippen molar-refractivity contribution in [2.24, 2.45) is 5.73 Å². The highest BCUT2D eigenvalue weighted by atomic mass is 35.5. The van der Waals surface area contributed by atoms with E-state index in [-0.39, 0.29) is 24.4 Å². The molecule has 2 rings (SSSR count). The smallest absolute Gasteiger partial charge is 0.271 e. The van der Waals surface area contributed by atoms with Crippen molar-refractivity contribution in [1.82, 2.24) is 15.1 Å². The summed E-state index contributed by atoms with van der Waals surface area (Å²) in [4.78, 5) is 13.8. The molecule has 2 aromatic rings. The van der Waals surface area contributed by atoms with Crippen molar-refractivity contribution in [3.05, 3.63) is 41.0 Å². The van der Waals surface area contributed by atoms with E-state index in [0.717, 1.165) is 5.56 Å². The molecule has 1 atom stereocenters. The molecule has 0 saturated heterocycles. The second-order valence-electron chi connectivity index (χ2n) is 4.67. The van der Waals surface area contributed by atoms with Crippen molar-refractivity contribution in [3.8, 4) is 11.3 Å². The highest BCUT2D eigenvalue weighted by Gasteiger charge is 2.18. The third-order valence-electron chi connectivity index (χ3n) is 3.27. The number of carbonyl (C=O) groups excluding carboxylic acids is 1. The fraction of sp³-hybridized carbons (Fsp3) is 0.286. The third-order valence-corrected chi connectivity index (χ3v) is 3.52. The summed E-state index contributed by atoms with van der Waals surface area (Å²) in [6.07, 6.45) is 0. The topological polar surface area (TPSA) is 75.0 Å². The van der Waals surface area contributed by atoms with Crippen molar-refractivity contribution >= 4 is 29.9 Å². The van der Waals surface area contributed by atoms with Gasteiger partial charge in [-0.05, 0) is 25.1 Å². The summed E-state index contributed by atoms with van der Waals surface area (Å²) in [7, 11) is 1.72. The number of likely N-dealkylation sites (N-methyl/N-ethyl adjacent to an activating group) is 1.